The van der Waals surface area contributed by atoms with Gasteiger partial charge in [-0.05, 0) is 0 Å². The van der Waals surface area contributed by atoms with Gasteiger partial charge in [0.2, 0.25) is 11.4 Å². The van der Waals surface area contributed by atoms with E-state index in [4.69, 9.17) is 5.32 Å². The molecule has 2 aliphatic rings. The number of rotatable bonds is 2. The van der Waals surface area contributed by atoms with Gasteiger partial charge in [-0.25, -0.2) is 0 Å². The van der Waals surface area contributed by atoms with Crippen LogP contribution in [0.2, 0.25) is 0 Å². The van der Waals surface area contributed by atoms with Crippen molar-refractivity contribution >= 4 is 28.8 Å². The molecule has 0 saturated carbocycles. The molecule has 0 unspecified atom stereocenters. The van der Waals surface area contributed by atoms with E-state index >= 15 is 0 Å². The van der Waals surface area contributed by atoms with Crippen LogP contribution in [0.25, 0.3) is 5.32 Å². The summed E-state index contributed by atoms with van der Waals surface area (Å²) >= 11 is 0. The summed E-state index contributed by atoms with van der Waals surface area (Å²) in [6.07, 6.45) is 4.00. The molecule has 0 spiro atoms. The number of para-hydroxylation sites is 4. The third kappa shape index (κ3) is 4.75. The average molecular weight is 626 g/mol. The van der Waals surface area contributed by atoms with Crippen molar-refractivity contribution in [3.8, 4) is 0 Å². The second-order valence-electron chi connectivity index (χ2n) is 8.58. The summed E-state index contributed by atoms with van der Waals surface area (Å²) in [6, 6.07) is 40.4. The summed E-state index contributed by atoms with van der Waals surface area (Å²) < 4.78 is 3.96. The molecule has 0 fully saturated rings. The Morgan fingerprint density at radius 2 is 0.941 bits per heavy atom. The Kier molecular flexibility index (Phi) is 7.12. The van der Waals surface area contributed by atoms with Crippen LogP contribution >= 0.6 is 0 Å². The minimum Gasteiger partial charge on any atom is -0.657 e. The third-order valence-corrected chi connectivity index (χ3v) is 6.04. The Bertz CT molecular complexity index is 1280. The zero-order chi connectivity index (χ0) is 22.7. The third-order valence-electron chi connectivity index (χ3n) is 6.04. The first kappa shape index (κ1) is 23.7. The first-order valence-electron chi connectivity index (χ1n) is 11.2. The van der Waals surface area contributed by atoms with Gasteiger partial charge < -0.3 is 5.32 Å². The van der Waals surface area contributed by atoms with Crippen molar-refractivity contribution in [3.05, 3.63) is 138 Å². The van der Waals surface area contributed by atoms with E-state index in [1.54, 1.807) is 0 Å². The van der Waals surface area contributed by atoms with Crippen molar-refractivity contribution in [3.63, 3.8) is 0 Å². The van der Waals surface area contributed by atoms with Crippen LogP contribution in [0.5, 0.6) is 0 Å². The molecule has 4 heteroatoms. The molecule has 0 saturated heterocycles. The minimum absolute atomic E-state index is 0. The fourth-order valence-electron chi connectivity index (χ4n) is 4.26. The average Bonchev–Trinajstić information content (AvgIpc) is 3.36. The molecule has 0 aliphatic carbocycles. The number of fused-ring (bicyclic) bond motifs is 2. The van der Waals surface area contributed by atoms with Crippen LogP contribution in [-0.2, 0) is 27.8 Å². The second-order valence-corrected chi connectivity index (χ2v) is 8.58. The van der Waals surface area contributed by atoms with Crippen LogP contribution < -0.4 is 0 Å². The second kappa shape index (κ2) is 10.2. The first-order valence-corrected chi connectivity index (χ1v) is 11.2. The van der Waals surface area contributed by atoms with Gasteiger partial charge in [-0.2, -0.15) is 0 Å². The molecule has 0 N–H and O–H groups in total. The Hall–Kier alpha value is -3.46. The normalized spacial score (nSPS) is 14.2. The molecule has 0 atom stereocenters. The van der Waals surface area contributed by atoms with Crippen LogP contribution in [0.1, 0.15) is 25.0 Å². The topological polar surface area (TPSA) is 20.1 Å². The van der Waals surface area contributed by atoms with Crippen molar-refractivity contribution in [2.24, 2.45) is 0 Å². The van der Waals surface area contributed by atoms with Crippen molar-refractivity contribution in [1.29, 1.82) is 0 Å². The van der Waals surface area contributed by atoms with E-state index < -0.39 is 0 Å². The summed E-state index contributed by atoms with van der Waals surface area (Å²) in [5, 5.41) is 4.70. The van der Waals surface area contributed by atoms with Gasteiger partial charge in [0.1, 0.15) is 0 Å². The number of hydrogen-bond acceptors (Lipinski definition) is 0. The zero-order valence-corrected chi connectivity index (χ0v) is 21.4. The van der Waals surface area contributed by atoms with Gasteiger partial charge in [-0.15, -0.1) is 11.4 Å². The van der Waals surface area contributed by atoms with E-state index in [0.29, 0.717) is 0 Å². The van der Waals surface area contributed by atoms with Crippen molar-refractivity contribution < 1.29 is 31.5 Å². The zero-order valence-electron chi connectivity index (χ0n) is 19.2. The molecule has 0 radical (unpaired) electrons. The molecule has 2 aliphatic heterocycles. The molecule has 34 heavy (non-hydrogen) atoms. The van der Waals surface area contributed by atoms with Crippen LogP contribution in [0.4, 0.5) is 22.7 Å². The molecule has 4 aromatic rings. The van der Waals surface area contributed by atoms with E-state index in [2.05, 4.69) is 80.5 Å². The van der Waals surface area contributed by atoms with Crippen molar-refractivity contribution in [2.45, 2.75) is 19.3 Å². The van der Waals surface area contributed by atoms with Gasteiger partial charge in [0.15, 0.2) is 0 Å². The van der Waals surface area contributed by atoms with Crippen LogP contribution in [0.3, 0.4) is 0 Å². The SMILES string of the molecule is C1=[N+](c2ccccc2)C=C[N+]=1c1ccccc1.CC1(C)c2ccccc2[N-]c2ccccc21.[Au+]. The van der Waals surface area contributed by atoms with Gasteiger partial charge in [-0.1, -0.05) is 119 Å². The Morgan fingerprint density at radius 3 is 1.38 bits per heavy atom. The standard InChI is InChI=1S/C15H12N2.C15H14N.Au/c1-3-7-14(8-4-1)16-11-12-17(13-16)15-9-5-2-6-10-15;1-15(2)11-7-3-5-9-13(11)16-14-10-6-4-8-12(14)15;/h1-12H;3-10H,1-2H3;/q+2;-1;+1. The molecular weight excluding hydrogens is 599 g/mol. The maximum Gasteiger partial charge on any atom is 1.00 e. The van der Waals surface area contributed by atoms with Crippen LogP contribution in [0, 0.1) is 0 Å². The molecular formula is C30H26AuN3+2. The van der Waals surface area contributed by atoms with Gasteiger partial charge in [0.25, 0.3) is 12.4 Å². The molecule has 3 nitrogen and oxygen atoms in total. The Morgan fingerprint density at radius 1 is 0.559 bits per heavy atom. The largest absolute Gasteiger partial charge is 1.00 e. The molecule has 6 rings (SSSR count). The summed E-state index contributed by atoms with van der Waals surface area (Å²) in [5.41, 5.74) is 7.11. The van der Waals surface area contributed by atoms with E-state index in [9.17, 15) is 0 Å². The van der Waals surface area contributed by atoms with E-state index in [1.165, 1.54) is 11.1 Å². The van der Waals surface area contributed by atoms with Gasteiger partial charge in [-0.3, -0.25) is 0 Å². The molecule has 2 heterocycles. The molecule has 0 bridgehead atoms. The van der Waals surface area contributed by atoms with E-state index in [0.717, 1.165) is 22.7 Å². The minimum atomic E-state index is 0. The number of nitrogens with zero attached hydrogens (tertiary/aromatic N) is 3. The summed E-state index contributed by atoms with van der Waals surface area (Å²) in [4.78, 5) is 0. The van der Waals surface area contributed by atoms with E-state index in [1.807, 2.05) is 70.1 Å². The number of benzene rings is 4. The Labute approximate surface area is 216 Å². The predicted octanol–water partition coefficient (Wildman–Crippen LogP) is 7.99. The molecule has 4 aromatic carbocycles. The van der Waals surface area contributed by atoms with Crippen molar-refractivity contribution in [2.75, 3.05) is 0 Å². The summed E-state index contributed by atoms with van der Waals surface area (Å²) in [5.74, 6) is 0. The molecule has 170 valence electrons. The quantitative estimate of drug-likeness (QED) is 0.159. The maximum atomic E-state index is 4.70. The Balaban J connectivity index is 0.000000157. The fraction of sp³-hybridized carbons (Fsp3) is 0.100. The predicted molar refractivity (Wildman–Crippen MR) is 135 cm³/mol. The van der Waals surface area contributed by atoms with Gasteiger partial charge in [0, 0.05) is 29.7 Å². The van der Waals surface area contributed by atoms with Crippen molar-refractivity contribution in [1.82, 2.24) is 0 Å². The monoisotopic (exact) mass is 625 g/mol. The smallest absolute Gasteiger partial charge is 0.657 e. The van der Waals surface area contributed by atoms with Crippen LogP contribution in [-0.4, -0.2) is 15.2 Å². The fourth-order valence-corrected chi connectivity index (χ4v) is 4.26. The van der Waals surface area contributed by atoms with Gasteiger partial charge >= 0.3 is 28.4 Å². The van der Waals surface area contributed by atoms with Gasteiger partial charge in [0.05, 0.1) is 0 Å². The molecule has 0 aromatic heterocycles. The van der Waals surface area contributed by atoms with E-state index in [-0.39, 0.29) is 27.8 Å². The number of hydrogen-bond donors (Lipinski definition) is 0. The summed E-state index contributed by atoms with van der Waals surface area (Å²) in [7, 11) is 0. The maximum absolute atomic E-state index is 4.70. The molecule has 0 amide bonds. The summed E-state index contributed by atoms with van der Waals surface area (Å²) in [6.45, 7) is 4.53. The first-order chi connectivity index (χ1) is 16.1. The van der Waals surface area contributed by atoms with Crippen LogP contribution in [0.15, 0.2) is 122 Å².